The number of rotatable bonds is 3. The molecule has 4 rings (SSSR count). The van der Waals surface area contributed by atoms with E-state index in [2.05, 4.69) is 26.8 Å². The summed E-state index contributed by atoms with van der Waals surface area (Å²) in [5.74, 6) is 1.58. The predicted octanol–water partition coefficient (Wildman–Crippen LogP) is 6.41. The van der Waals surface area contributed by atoms with Crippen molar-refractivity contribution in [3.63, 3.8) is 0 Å². The fourth-order valence-electron chi connectivity index (χ4n) is 6.24. The molecular weight excluding hydrogens is 364 g/mol. The van der Waals surface area contributed by atoms with Crippen LogP contribution in [0.4, 0.5) is 0 Å². The van der Waals surface area contributed by atoms with E-state index in [1.165, 1.54) is 37.7 Å². The monoisotopic (exact) mass is 398 g/mol. The molecule has 2 saturated carbocycles. The average Bonchev–Trinajstić information content (AvgIpc) is 2.94. The van der Waals surface area contributed by atoms with Crippen molar-refractivity contribution in [3.8, 4) is 17.2 Å². The summed E-state index contributed by atoms with van der Waals surface area (Å²) in [6.45, 7) is 11.0. The van der Waals surface area contributed by atoms with Gasteiger partial charge in [0, 0.05) is 19.4 Å². The normalized spacial score (nSPS) is 30.7. The molecule has 1 aromatic carbocycles. The molecule has 2 fully saturated rings. The Labute approximate surface area is 174 Å². The van der Waals surface area contributed by atoms with Crippen LogP contribution in [0, 0.1) is 16.7 Å². The molecule has 1 aromatic rings. The van der Waals surface area contributed by atoms with Gasteiger partial charge in [0.1, 0.15) is 11.3 Å². The second-order valence-electron chi connectivity index (χ2n) is 10.3. The number of aldehydes is 1. The first-order valence-electron chi connectivity index (χ1n) is 10.9. The molecule has 2 aliphatic carbocycles. The number of hydrogen-bond donors (Lipinski definition) is 0. The topological polar surface area (TPSA) is 44.8 Å². The van der Waals surface area contributed by atoms with Crippen molar-refractivity contribution in [2.24, 2.45) is 16.7 Å². The van der Waals surface area contributed by atoms with Crippen LogP contribution < -0.4 is 14.2 Å². The highest BCUT2D eigenvalue weighted by Gasteiger charge is 2.49. The first-order chi connectivity index (χ1) is 13.6. The first-order valence-corrected chi connectivity index (χ1v) is 10.9. The van der Waals surface area contributed by atoms with E-state index in [-0.39, 0.29) is 5.41 Å². The van der Waals surface area contributed by atoms with Gasteiger partial charge in [0.2, 0.25) is 5.79 Å². The minimum Gasteiger partial charge on any atom is -0.495 e. The molecule has 0 bridgehead atoms. The zero-order chi connectivity index (χ0) is 21.0. The van der Waals surface area contributed by atoms with E-state index < -0.39 is 5.79 Å². The van der Waals surface area contributed by atoms with Crippen LogP contribution in [0.3, 0.4) is 0 Å². The minimum atomic E-state index is -0.786. The number of carbonyl (C=O) groups excluding carboxylic acids is 1. The van der Waals surface area contributed by atoms with Gasteiger partial charge >= 0.3 is 0 Å². The van der Waals surface area contributed by atoms with E-state index in [0.29, 0.717) is 34.1 Å². The third-order valence-corrected chi connectivity index (χ3v) is 7.52. The van der Waals surface area contributed by atoms with Crippen LogP contribution in [-0.4, -0.2) is 19.2 Å². The molecule has 0 spiro atoms. The van der Waals surface area contributed by atoms with Crippen LogP contribution in [0.25, 0.3) is 6.08 Å². The van der Waals surface area contributed by atoms with E-state index in [1.807, 2.05) is 19.9 Å². The van der Waals surface area contributed by atoms with Gasteiger partial charge in [-0.1, -0.05) is 38.8 Å². The lowest BCUT2D eigenvalue weighted by atomic mass is 9.50. The Kier molecular flexibility index (Phi) is 4.75. The lowest BCUT2D eigenvalue weighted by Crippen LogP contribution is -2.45. The highest BCUT2D eigenvalue weighted by atomic mass is 16.7. The lowest BCUT2D eigenvalue weighted by Gasteiger charge is -2.55. The second-order valence-corrected chi connectivity index (χ2v) is 10.3. The van der Waals surface area contributed by atoms with Crippen LogP contribution >= 0.6 is 0 Å². The Bertz CT molecular complexity index is 864. The van der Waals surface area contributed by atoms with Gasteiger partial charge in [-0.3, -0.25) is 4.79 Å². The summed E-state index contributed by atoms with van der Waals surface area (Å²) in [7, 11) is 1.62. The zero-order valence-corrected chi connectivity index (χ0v) is 18.7. The van der Waals surface area contributed by atoms with E-state index in [1.54, 1.807) is 7.11 Å². The summed E-state index contributed by atoms with van der Waals surface area (Å²) in [4.78, 5) is 11.9. The number of benzene rings is 1. The zero-order valence-electron chi connectivity index (χ0n) is 18.7. The van der Waals surface area contributed by atoms with Crippen LogP contribution in [0.5, 0.6) is 17.2 Å². The number of methoxy groups -OCH3 is 1. The largest absolute Gasteiger partial charge is 0.495 e. The molecule has 2 atom stereocenters. The molecule has 0 saturated heterocycles. The molecule has 4 nitrogen and oxygen atoms in total. The fourth-order valence-corrected chi connectivity index (χ4v) is 6.24. The summed E-state index contributed by atoms with van der Waals surface area (Å²) in [6, 6.07) is 1.98. The van der Waals surface area contributed by atoms with Crippen LogP contribution in [0.1, 0.15) is 89.1 Å². The van der Waals surface area contributed by atoms with Gasteiger partial charge in [0.15, 0.2) is 17.8 Å². The van der Waals surface area contributed by atoms with E-state index in [9.17, 15) is 4.79 Å². The van der Waals surface area contributed by atoms with Gasteiger partial charge in [-0.2, -0.15) is 0 Å². The van der Waals surface area contributed by atoms with Gasteiger partial charge in [-0.25, -0.2) is 0 Å². The highest BCUT2D eigenvalue weighted by Crippen LogP contribution is 2.60. The fraction of sp³-hybridized carbons (Fsp3) is 0.640. The van der Waals surface area contributed by atoms with Gasteiger partial charge in [0.05, 0.1) is 7.11 Å². The maximum Gasteiger partial charge on any atom is 0.246 e. The average molecular weight is 399 g/mol. The van der Waals surface area contributed by atoms with Crippen molar-refractivity contribution < 1.29 is 19.0 Å². The Morgan fingerprint density at radius 3 is 2.55 bits per heavy atom. The standard InChI is InChI=1S/C25H34O4/c1-23(2)11-8-12-25(5)17(9-7-10-20(23)25)13-16-14-19-22(29-24(3,4)28-19)18(15-26)21(16)27-6/h13-15,20H,7-12H2,1-6H3/b17-13+/t20-,25+/m0/s1. The summed E-state index contributed by atoms with van der Waals surface area (Å²) in [5, 5.41) is 0. The van der Waals surface area contributed by atoms with Gasteiger partial charge in [-0.05, 0) is 54.9 Å². The molecule has 0 N–H and O–H groups in total. The molecule has 0 radical (unpaired) electrons. The molecule has 0 unspecified atom stereocenters. The van der Waals surface area contributed by atoms with Crippen molar-refractivity contribution in [1.82, 2.24) is 0 Å². The Balaban J connectivity index is 1.83. The number of carbonyl (C=O) groups is 1. The van der Waals surface area contributed by atoms with E-state index >= 15 is 0 Å². The Hall–Kier alpha value is -1.97. The molecule has 0 amide bonds. The van der Waals surface area contributed by atoms with Gasteiger partial charge < -0.3 is 14.2 Å². The molecule has 0 aromatic heterocycles. The van der Waals surface area contributed by atoms with Crippen molar-refractivity contribution in [2.45, 2.75) is 78.9 Å². The molecular formula is C25H34O4. The molecule has 3 aliphatic rings. The van der Waals surface area contributed by atoms with Crippen molar-refractivity contribution in [2.75, 3.05) is 7.11 Å². The van der Waals surface area contributed by atoms with Crippen LogP contribution in [0.2, 0.25) is 0 Å². The Morgan fingerprint density at radius 2 is 1.86 bits per heavy atom. The van der Waals surface area contributed by atoms with Gasteiger partial charge in [0.25, 0.3) is 0 Å². The molecule has 1 aliphatic heterocycles. The van der Waals surface area contributed by atoms with Crippen molar-refractivity contribution >= 4 is 12.4 Å². The van der Waals surface area contributed by atoms with Crippen molar-refractivity contribution in [3.05, 3.63) is 22.8 Å². The first kappa shape index (κ1) is 20.3. The number of hydrogen-bond acceptors (Lipinski definition) is 4. The van der Waals surface area contributed by atoms with E-state index in [4.69, 9.17) is 14.2 Å². The summed E-state index contributed by atoms with van der Waals surface area (Å²) >= 11 is 0. The maximum absolute atomic E-state index is 11.9. The molecule has 158 valence electrons. The minimum absolute atomic E-state index is 0.196. The molecule has 1 heterocycles. The summed E-state index contributed by atoms with van der Waals surface area (Å²) in [6.07, 6.45) is 10.5. The van der Waals surface area contributed by atoms with Crippen molar-refractivity contribution in [1.29, 1.82) is 0 Å². The third-order valence-electron chi connectivity index (χ3n) is 7.52. The van der Waals surface area contributed by atoms with Crippen LogP contribution in [0.15, 0.2) is 11.6 Å². The smallest absolute Gasteiger partial charge is 0.246 e. The molecule has 29 heavy (non-hydrogen) atoms. The molecule has 4 heteroatoms. The second kappa shape index (κ2) is 6.78. The summed E-state index contributed by atoms with van der Waals surface area (Å²) in [5.41, 5.74) is 3.39. The predicted molar refractivity (Wildman–Crippen MR) is 115 cm³/mol. The quantitative estimate of drug-likeness (QED) is 0.552. The Morgan fingerprint density at radius 1 is 1.10 bits per heavy atom. The van der Waals surface area contributed by atoms with Gasteiger partial charge in [-0.15, -0.1) is 0 Å². The number of fused-ring (bicyclic) bond motifs is 2. The third kappa shape index (κ3) is 3.25. The van der Waals surface area contributed by atoms with E-state index in [0.717, 1.165) is 18.3 Å². The summed E-state index contributed by atoms with van der Waals surface area (Å²) < 4.78 is 17.5. The number of ether oxygens (including phenoxy) is 3. The number of allylic oxidation sites excluding steroid dienone is 1. The SMILES string of the molecule is COc1c(/C=C2\CCC[C@H]3C(C)(C)CCC[C@]23C)cc2c(c1C=O)OC(C)(C)O2. The lowest BCUT2D eigenvalue weighted by molar-refractivity contribution is -0.0433. The maximum atomic E-state index is 11.9. The van der Waals surface area contributed by atoms with Crippen LogP contribution in [-0.2, 0) is 0 Å². The highest BCUT2D eigenvalue weighted by molar-refractivity contribution is 5.89.